The number of rotatable bonds is 23. The van der Waals surface area contributed by atoms with Gasteiger partial charge in [-0.3, -0.25) is 23.3 Å². The number of aliphatic hydroxyl groups excluding tert-OH is 2. The second-order valence-electron chi connectivity index (χ2n) is 25.6. The molecule has 4 aromatic rings. The van der Waals surface area contributed by atoms with Crippen LogP contribution in [0.4, 0.5) is 70.2 Å². The van der Waals surface area contributed by atoms with E-state index in [9.17, 15) is 110 Å². The summed E-state index contributed by atoms with van der Waals surface area (Å²) in [7, 11) is 21.3. The summed E-state index contributed by atoms with van der Waals surface area (Å²) >= 11 is -4.45. The van der Waals surface area contributed by atoms with Crippen LogP contribution in [0.1, 0.15) is 138 Å². The van der Waals surface area contributed by atoms with Crippen LogP contribution >= 0.6 is 46.1 Å². The Hall–Kier alpha value is -4.60. The van der Waals surface area contributed by atoms with E-state index in [2.05, 4.69) is 43.3 Å². The zero-order chi connectivity index (χ0) is 93.5. The number of ketones is 2. The van der Waals surface area contributed by atoms with Crippen LogP contribution in [-0.4, -0.2) is 188 Å². The second-order valence-corrected chi connectivity index (χ2v) is 34.7. The first-order valence-corrected chi connectivity index (χ1v) is 43.3. The quantitative estimate of drug-likeness (QED) is 0.00739. The van der Waals surface area contributed by atoms with Gasteiger partial charge in [0.05, 0.1) is 54.9 Å². The van der Waals surface area contributed by atoms with Crippen molar-refractivity contribution < 1.29 is 221 Å². The van der Waals surface area contributed by atoms with E-state index in [1.165, 1.54) is 139 Å². The molecule has 3 atom stereocenters. The van der Waals surface area contributed by atoms with Crippen molar-refractivity contribution >= 4 is 86.9 Å². The first kappa shape index (κ1) is 127. The Morgan fingerprint density at radius 3 is 1.05 bits per heavy atom. The van der Waals surface area contributed by atoms with Gasteiger partial charge in [0.15, 0.2) is 5.60 Å². The van der Waals surface area contributed by atoms with E-state index >= 15 is 0 Å². The van der Waals surface area contributed by atoms with Crippen molar-refractivity contribution in [3.05, 3.63) is 143 Å². The number of hydrogen-bond acceptors (Lipinski definition) is 22. The first-order chi connectivity index (χ1) is 53.1. The SMILES string of the molecule is C1CCOC1.C=C(C)CBr.C=C(C)CC(O)(C(=O)OCC)C(F)(F)F.CCOC(=O)C(C)=O.CCOC(=O)C(O)(CC(C)(C)c1cc(F)ccc1OC)C(F)(F)F.CO.COc1ccc(F)cc1.COc1ccc(F)cc1C(C)(C)CC(=O)C(F)(F)F.COc1ccc(F)cc1C(C)(C)CC(O)(CO)C(F)(F)F.[Cl][Al]([Cl])[Cl].[Na+].[O-][I+3]([O-])([O-])[O-]. The molecule has 0 spiro atoms. The summed E-state index contributed by atoms with van der Waals surface area (Å²) in [5.41, 5.74) is -12.7. The molecule has 1 fully saturated rings. The molecular weight excluding hydrogens is 1900 g/mol. The van der Waals surface area contributed by atoms with Gasteiger partial charge in [-0.15, -0.1) is 6.58 Å². The van der Waals surface area contributed by atoms with Crippen LogP contribution in [0, 0.1) is 23.3 Å². The molecule has 5 N–H and O–H groups in total. The third-order valence-corrected chi connectivity index (χ3v) is 15.2. The van der Waals surface area contributed by atoms with Gasteiger partial charge in [0, 0.05) is 73.9 Å². The molecule has 0 saturated carbocycles. The summed E-state index contributed by atoms with van der Waals surface area (Å²) in [5.74, 6) is -7.48. The van der Waals surface area contributed by atoms with Crippen LogP contribution in [0.2, 0.25) is 0 Å². The van der Waals surface area contributed by atoms with Crippen LogP contribution in [0.3, 0.4) is 0 Å². The molecule has 0 aliphatic carbocycles. The van der Waals surface area contributed by atoms with Gasteiger partial charge in [0.25, 0.3) is 11.2 Å². The van der Waals surface area contributed by atoms with Crippen molar-refractivity contribution in [2.75, 3.05) is 80.5 Å². The maximum Gasteiger partial charge on any atom is 1.00 e. The molecular formula is C73H99AlBrCl3F16INaO22. The number of methoxy groups -OCH3 is 4. The average Bonchev–Trinajstić information content (AvgIpc) is 1.07. The molecule has 0 bridgehead atoms. The first-order valence-electron chi connectivity index (χ1n) is 33.4. The molecule has 118 heavy (non-hydrogen) atoms. The number of Topliss-reactive ketones (excluding diaryl/α,β-unsaturated/α-hetero) is 2. The zero-order valence-corrected chi connectivity index (χ0v) is 77.0. The number of ether oxygens (including phenoxy) is 8. The van der Waals surface area contributed by atoms with Gasteiger partial charge in [-0.2, -0.15) is 52.7 Å². The molecule has 0 radical (unpaired) electrons. The fourth-order valence-corrected chi connectivity index (χ4v) is 8.86. The maximum absolute atomic E-state index is 13.5. The van der Waals surface area contributed by atoms with Crippen molar-refractivity contribution in [3.63, 3.8) is 0 Å². The Bertz CT molecular complexity index is 3570. The Morgan fingerprint density at radius 2 is 0.822 bits per heavy atom. The average molecular weight is 2000 g/mol. The van der Waals surface area contributed by atoms with Gasteiger partial charge in [0.2, 0.25) is 11.6 Å². The molecule has 22 nitrogen and oxygen atoms in total. The molecule has 1 aliphatic rings. The van der Waals surface area contributed by atoms with E-state index in [-0.39, 0.29) is 94.7 Å². The van der Waals surface area contributed by atoms with Gasteiger partial charge < -0.3 is 63.4 Å². The third kappa shape index (κ3) is 52.8. The minimum absolute atomic E-state index is 0. The number of hydrogen-bond donors (Lipinski definition) is 5. The number of alkyl halides is 13. The number of carbonyl (C=O) groups is 5. The van der Waals surface area contributed by atoms with Gasteiger partial charge in [-0.05, 0) is 144 Å². The predicted molar refractivity (Wildman–Crippen MR) is 396 cm³/mol. The van der Waals surface area contributed by atoms with Gasteiger partial charge in [0.1, 0.15) is 66.4 Å². The van der Waals surface area contributed by atoms with E-state index in [1.54, 1.807) is 26.2 Å². The number of halogens is 21. The van der Waals surface area contributed by atoms with Crippen molar-refractivity contribution in [1.82, 2.24) is 0 Å². The molecule has 45 heteroatoms. The van der Waals surface area contributed by atoms with Crippen molar-refractivity contribution in [2.45, 2.75) is 179 Å². The Morgan fingerprint density at radius 1 is 0.517 bits per heavy atom. The fourth-order valence-electron chi connectivity index (χ4n) is 8.86. The van der Waals surface area contributed by atoms with Crippen molar-refractivity contribution in [3.8, 4) is 23.0 Å². The smallest absolute Gasteiger partial charge is 0.497 e. The number of carbonyl (C=O) groups excluding carboxylic acids is 5. The molecule has 5 rings (SSSR count). The van der Waals surface area contributed by atoms with Crippen molar-refractivity contribution in [2.24, 2.45) is 0 Å². The van der Waals surface area contributed by atoms with Crippen LogP contribution in [0.25, 0.3) is 0 Å². The van der Waals surface area contributed by atoms with Gasteiger partial charge in [-0.25, -0.2) is 62.1 Å². The molecule has 3 unspecified atom stereocenters. The number of benzene rings is 4. The summed E-state index contributed by atoms with van der Waals surface area (Å²) in [6, 6.07) is 16.3. The fraction of sp³-hybridized carbons (Fsp3) is 0.548. The Balaban J connectivity index is -0.000000243. The van der Waals surface area contributed by atoms with Crippen LogP contribution in [0.5, 0.6) is 23.0 Å². The molecule has 4 aromatic carbocycles. The second kappa shape index (κ2) is 60.1. The number of allylic oxidation sites excluding steroid dienone is 1. The molecule has 0 aromatic heterocycles. The molecule has 1 aliphatic heterocycles. The molecule has 1 saturated heterocycles. The minimum Gasteiger partial charge on any atom is -0.497 e. The third-order valence-electron chi connectivity index (χ3n) is 14.2. The van der Waals surface area contributed by atoms with E-state index in [0.29, 0.717) is 5.75 Å². The largest absolute Gasteiger partial charge is 1.00 e. The molecule has 1 heterocycles. The minimum atomic E-state index is -5.94. The zero-order valence-electron chi connectivity index (χ0n) is 67.8. The maximum atomic E-state index is 13.5. The summed E-state index contributed by atoms with van der Waals surface area (Å²) in [6.07, 6.45) is -21.2. The van der Waals surface area contributed by atoms with Crippen LogP contribution in [-0.2, 0) is 59.2 Å². The molecule has 674 valence electrons. The predicted octanol–water partition coefficient (Wildman–Crippen LogP) is 6.86. The van der Waals surface area contributed by atoms with E-state index in [4.69, 9.17) is 77.8 Å². The van der Waals surface area contributed by atoms with Gasteiger partial charge >= 0.3 is 83.6 Å². The standard InChI is InChI=1S/C16H20F4O4.C14H18F4O3.C13H14F4O2.C9H13F3O3.C7H7FO.C5H8O3.C4H7Br.C4H8O.CH4O.Al.3ClH.IO4.Na/c1-5-24-13(21)15(22,16(18,19)20)9-14(2,3)11-8-10(17)6-7-12(11)23-4;1-12(2,7-13(20,8-19)14(16,17)18)10-6-9(15)4-5-11(10)21-3;1-12(2,7-11(18)13(15,16)17)9-6-8(14)4-5-10(9)19-3;1-4-15-7(13)8(14,5-6(2)3)9(10,11)12;1-9-7-4-2-6(8)3-5-7;1-3-8-5(7)4(2)6;1-4(2)3-5;1-2-4-5-3-1;1-2;;;;;2-1(3,4)5;/h6-8,22H,5,9H2,1-4H3;4-6,19-20H,7-8H2,1-3H3;4-6H,7H2,1-3H3;14H,2,4-5H2,1,3H3;2-5H,1H3;3H2,1-2H3;1,3H2,2H3;1-4H2;2H,1H3;;3*1H;;/q;;;;;;;;;+3;;;;-1;+1/p-3. The van der Waals surface area contributed by atoms with E-state index in [0.717, 1.165) is 62.1 Å². The summed E-state index contributed by atoms with van der Waals surface area (Å²) in [4.78, 5) is 54.1. The van der Waals surface area contributed by atoms with Crippen LogP contribution in [0.15, 0.2) is 103 Å². The van der Waals surface area contributed by atoms with Gasteiger partial charge in [-0.1, -0.05) is 75.2 Å². The van der Waals surface area contributed by atoms with E-state index in [1.807, 2.05) is 6.92 Å². The number of aliphatic hydroxyl groups is 5. The normalized spacial score (nSPS) is 13.2. The Kier molecular flexibility index (Phi) is 64.4. The topological polar surface area (TPSA) is 353 Å². The Labute approximate surface area is 728 Å². The van der Waals surface area contributed by atoms with Crippen LogP contribution < -0.4 is 82.3 Å². The molecule has 0 amide bonds. The number of esters is 3. The monoisotopic (exact) mass is 1990 g/mol. The van der Waals surface area contributed by atoms with Crippen molar-refractivity contribution in [1.29, 1.82) is 0 Å². The summed E-state index contributed by atoms with van der Waals surface area (Å²) in [6.45, 7) is 24.3. The summed E-state index contributed by atoms with van der Waals surface area (Å²) < 4.78 is 277. The van der Waals surface area contributed by atoms with E-state index < -0.39 is 168 Å². The summed E-state index contributed by atoms with van der Waals surface area (Å²) in [5, 5.41) is 45.8.